The Balaban J connectivity index is 2.36. The maximum absolute atomic E-state index is 6.02. The van der Waals surface area contributed by atoms with Crippen LogP contribution < -0.4 is 10.6 Å². The van der Waals surface area contributed by atoms with Crippen LogP contribution in [-0.2, 0) is 5.41 Å². The summed E-state index contributed by atoms with van der Waals surface area (Å²) in [7, 11) is 4.13. The van der Waals surface area contributed by atoms with Crippen molar-refractivity contribution in [1.29, 1.82) is 0 Å². The summed E-state index contributed by atoms with van der Waals surface area (Å²) in [5.41, 5.74) is 8.87. The highest BCUT2D eigenvalue weighted by atomic mass is 79.9. The van der Waals surface area contributed by atoms with Gasteiger partial charge in [-0.05, 0) is 46.5 Å². The molecule has 0 radical (unpaired) electrons. The second-order valence-electron chi connectivity index (χ2n) is 5.25. The van der Waals surface area contributed by atoms with Crippen LogP contribution in [0.2, 0.25) is 0 Å². The lowest BCUT2D eigenvalue weighted by atomic mass is 9.79. The first kappa shape index (κ1) is 12.9. The van der Waals surface area contributed by atoms with Crippen molar-refractivity contribution in [2.45, 2.75) is 31.1 Å². The van der Waals surface area contributed by atoms with E-state index in [-0.39, 0.29) is 5.41 Å². The molecule has 0 amide bonds. The van der Waals surface area contributed by atoms with E-state index in [0.29, 0.717) is 0 Å². The largest absolute Gasteiger partial charge is 0.377 e. The molecule has 0 heterocycles. The highest BCUT2D eigenvalue weighted by Gasteiger charge is 2.34. The van der Waals surface area contributed by atoms with Gasteiger partial charge in [-0.3, -0.25) is 0 Å². The zero-order valence-electron chi connectivity index (χ0n) is 10.7. The average Bonchev–Trinajstić information content (AvgIpc) is 2.78. The van der Waals surface area contributed by atoms with Crippen LogP contribution in [0.4, 0.5) is 5.69 Å². The second kappa shape index (κ2) is 4.99. The minimum absolute atomic E-state index is 0.230. The van der Waals surface area contributed by atoms with Crippen LogP contribution in [0.25, 0.3) is 0 Å². The van der Waals surface area contributed by atoms with E-state index in [2.05, 4.69) is 53.1 Å². The fourth-order valence-electron chi connectivity index (χ4n) is 2.86. The Morgan fingerprint density at radius 2 is 1.94 bits per heavy atom. The van der Waals surface area contributed by atoms with E-state index in [0.717, 1.165) is 6.54 Å². The van der Waals surface area contributed by atoms with E-state index in [1.165, 1.54) is 41.4 Å². The summed E-state index contributed by atoms with van der Waals surface area (Å²) in [6.07, 6.45) is 5.09. The normalized spacial score (nSPS) is 18.4. The van der Waals surface area contributed by atoms with Crippen molar-refractivity contribution in [2.24, 2.45) is 5.73 Å². The molecule has 1 saturated carbocycles. The molecule has 2 N–H and O–H groups in total. The Kier molecular flexibility index (Phi) is 3.79. The third-order valence-electron chi connectivity index (χ3n) is 3.99. The fraction of sp³-hybridized carbons (Fsp3) is 0.571. The van der Waals surface area contributed by atoms with Crippen molar-refractivity contribution in [3.05, 3.63) is 28.2 Å². The van der Waals surface area contributed by atoms with E-state index in [1.54, 1.807) is 0 Å². The van der Waals surface area contributed by atoms with E-state index in [4.69, 9.17) is 5.73 Å². The minimum Gasteiger partial charge on any atom is -0.377 e. The standard InChI is InChI=1S/C14H21BrN2/c1-17(2)13-6-5-11(9-12(13)15)14(10-16)7-3-4-8-14/h5-6,9H,3-4,7-8,10,16H2,1-2H3. The Morgan fingerprint density at radius 3 is 2.41 bits per heavy atom. The molecule has 2 nitrogen and oxygen atoms in total. The SMILES string of the molecule is CN(C)c1ccc(C2(CN)CCCC2)cc1Br. The first-order valence-electron chi connectivity index (χ1n) is 6.26. The van der Waals surface area contributed by atoms with Crippen molar-refractivity contribution >= 4 is 21.6 Å². The number of hydrogen-bond acceptors (Lipinski definition) is 2. The summed E-state index contributed by atoms with van der Waals surface area (Å²) < 4.78 is 1.17. The van der Waals surface area contributed by atoms with E-state index >= 15 is 0 Å². The Labute approximate surface area is 112 Å². The average molecular weight is 297 g/mol. The van der Waals surface area contributed by atoms with Crippen LogP contribution in [0.5, 0.6) is 0 Å². The minimum atomic E-state index is 0.230. The van der Waals surface area contributed by atoms with Gasteiger partial charge in [-0.15, -0.1) is 0 Å². The number of nitrogens with zero attached hydrogens (tertiary/aromatic N) is 1. The zero-order valence-corrected chi connectivity index (χ0v) is 12.3. The molecule has 3 heteroatoms. The molecule has 0 aromatic heterocycles. The molecule has 0 atom stereocenters. The molecule has 17 heavy (non-hydrogen) atoms. The van der Waals surface area contributed by atoms with Gasteiger partial charge in [0, 0.05) is 30.5 Å². The fourth-order valence-corrected chi connectivity index (χ4v) is 3.60. The van der Waals surface area contributed by atoms with Gasteiger partial charge in [0.2, 0.25) is 0 Å². The van der Waals surface area contributed by atoms with Gasteiger partial charge in [-0.25, -0.2) is 0 Å². The van der Waals surface area contributed by atoms with Gasteiger partial charge in [0.1, 0.15) is 0 Å². The highest BCUT2D eigenvalue weighted by Crippen LogP contribution is 2.42. The maximum atomic E-state index is 6.02. The summed E-state index contributed by atoms with van der Waals surface area (Å²) in [6, 6.07) is 6.70. The number of halogens is 1. The monoisotopic (exact) mass is 296 g/mol. The predicted octanol–water partition coefficient (Wildman–Crippen LogP) is 3.29. The topological polar surface area (TPSA) is 29.3 Å². The molecule has 2 rings (SSSR count). The molecule has 94 valence electrons. The van der Waals surface area contributed by atoms with Crippen LogP contribution in [0.1, 0.15) is 31.2 Å². The number of benzene rings is 1. The Morgan fingerprint density at radius 1 is 1.29 bits per heavy atom. The summed E-state index contributed by atoms with van der Waals surface area (Å²) in [6.45, 7) is 0.765. The predicted molar refractivity (Wildman–Crippen MR) is 77.7 cm³/mol. The molecule has 1 aromatic rings. The van der Waals surface area contributed by atoms with Crippen molar-refractivity contribution in [1.82, 2.24) is 0 Å². The molecule has 0 bridgehead atoms. The third kappa shape index (κ3) is 2.36. The van der Waals surface area contributed by atoms with Crippen LogP contribution in [0, 0.1) is 0 Å². The summed E-state index contributed by atoms with van der Waals surface area (Å²) in [5, 5.41) is 0. The van der Waals surface area contributed by atoms with Crippen molar-refractivity contribution in [2.75, 3.05) is 25.5 Å². The van der Waals surface area contributed by atoms with E-state index < -0.39 is 0 Å². The van der Waals surface area contributed by atoms with Gasteiger partial charge >= 0.3 is 0 Å². The quantitative estimate of drug-likeness (QED) is 0.927. The van der Waals surface area contributed by atoms with Crippen LogP contribution in [0.3, 0.4) is 0 Å². The lowest BCUT2D eigenvalue weighted by Crippen LogP contribution is -2.32. The lowest BCUT2D eigenvalue weighted by Gasteiger charge is -2.29. The number of hydrogen-bond donors (Lipinski definition) is 1. The molecule has 1 aliphatic rings. The van der Waals surface area contributed by atoms with Crippen molar-refractivity contribution in [3.63, 3.8) is 0 Å². The Hall–Kier alpha value is -0.540. The maximum Gasteiger partial charge on any atom is 0.0505 e. The molecule has 0 spiro atoms. The van der Waals surface area contributed by atoms with Crippen LogP contribution in [-0.4, -0.2) is 20.6 Å². The first-order valence-corrected chi connectivity index (χ1v) is 7.06. The van der Waals surface area contributed by atoms with Crippen molar-refractivity contribution in [3.8, 4) is 0 Å². The zero-order chi connectivity index (χ0) is 12.5. The van der Waals surface area contributed by atoms with Crippen molar-refractivity contribution < 1.29 is 0 Å². The number of anilines is 1. The summed E-state index contributed by atoms with van der Waals surface area (Å²) >= 11 is 3.67. The van der Waals surface area contributed by atoms with Gasteiger partial charge in [0.15, 0.2) is 0 Å². The van der Waals surface area contributed by atoms with Gasteiger partial charge in [-0.1, -0.05) is 18.9 Å². The Bertz CT molecular complexity index is 395. The van der Waals surface area contributed by atoms with Gasteiger partial charge in [-0.2, -0.15) is 0 Å². The number of rotatable bonds is 3. The third-order valence-corrected chi connectivity index (χ3v) is 4.63. The smallest absolute Gasteiger partial charge is 0.0505 e. The molecule has 1 aliphatic carbocycles. The molecule has 0 unspecified atom stereocenters. The molecule has 1 aromatic carbocycles. The molecular weight excluding hydrogens is 276 g/mol. The summed E-state index contributed by atoms with van der Waals surface area (Å²) in [4.78, 5) is 2.12. The molecular formula is C14H21BrN2. The van der Waals surface area contributed by atoms with Crippen LogP contribution >= 0.6 is 15.9 Å². The highest BCUT2D eigenvalue weighted by molar-refractivity contribution is 9.10. The lowest BCUT2D eigenvalue weighted by molar-refractivity contribution is 0.453. The van der Waals surface area contributed by atoms with Gasteiger partial charge < -0.3 is 10.6 Å². The first-order chi connectivity index (χ1) is 8.09. The van der Waals surface area contributed by atoms with E-state index in [1.807, 2.05) is 0 Å². The summed E-state index contributed by atoms with van der Waals surface area (Å²) in [5.74, 6) is 0. The number of nitrogens with two attached hydrogens (primary N) is 1. The van der Waals surface area contributed by atoms with Gasteiger partial charge in [0.05, 0.1) is 5.69 Å². The van der Waals surface area contributed by atoms with E-state index in [9.17, 15) is 0 Å². The van der Waals surface area contributed by atoms with Gasteiger partial charge in [0.25, 0.3) is 0 Å². The molecule has 0 saturated heterocycles. The van der Waals surface area contributed by atoms with Crippen LogP contribution in [0.15, 0.2) is 22.7 Å². The molecule has 0 aliphatic heterocycles. The molecule has 1 fully saturated rings. The second-order valence-corrected chi connectivity index (χ2v) is 6.11.